The molecule has 2 aromatic rings. The average Bonchev–Trinajstić information content (AvgIpc) is 2.83. The Labute approximate surface area is 123 Å². The molecule has 0 saturated carbocycles. The van der Waals surface area contributed by atoms with Gasteiger partial charge in [-0.25, -0.2) is 4.98 Å². The van der Waals surface area contributed by atoms with Crippen molar-refractivity contribution < 1.29 is 23.1 Å². The van der Waals surface area contributed by atoms with E-state index in [1.54, 1.807) is 5.38 Å². The van der Waals surface area contributed by atoms with Crippen LogP contribution in [0.4, 0.5) is 13.2 Å². The lowest BCUT2D eigenvalue weighted by molar-refractivity contribution is -0.138. The van der Waals surface area contributed by atoms with Gasteiger partial charge in [0.1, 0.15) is 0 Å². The van der Waals surface area contributed by atoms with E-state index in [-0.39, 0.29) is 6.42 Å². The van der Waals surface area contributed by atoms with Crippen molar-refractivity contribution in [2.75, 3.05) is 0 Å². The second kappa shape index (κ2) is 6.26. The molecule has 3 nitrogen and oxygen atoms in total. The van der Waals surface area contributed by atoms with Crippen molar-refractivity contribution in [2.45, 2.75) is 25.4 Å². The molecule has 0 unspecified atom stereocenters. The number of aryl methyl sites for hydroxylation is 1. The highest BCUT2D eigenvalue weighted by Gasteiger charge is 2.29. The Morgan fingerprint density at radius 3 is 2.48 bits per heavy atom. The van der Waals surface area contributed by atoms with Crippen LogP contribution in [0.3, 0.4) is 0 Å². The molecule has 1 heterocycles. The maximum Gasteiger partial charge on any atom is 0.416 e. The predicted molar refractivity (Wildman–Crippen MR) is 72.3 cm³/mol. The molecule has 0 aliphatic rings. The second-order valence-corrected chi connectivity index (χ2v) is 5.44. The van der Waals surface area contributed by atoms with E-state index < -0.39 is 17.7 Å². The lowest BCUT2D eigenvalue weighted by Crippen LogP contribution is -2.04. The maximum absolute atomic E-state index is 12.4. The van der Waals surface area contributed by atoms with E-state index in [1.807, 2.05) is 0 Å². The van der Waals surface area contributed by atoms with Crippen LogP contribution in [-0.2, 0) is 23.8 Å². The summed E-state index contributed by atoms with van der Waals surface area (Å²) in [7, 11) is 0. The highest BCUT2D eigenvalue weighted by atomic mass is 32.1. The normalized spacial score (nSPS) is 11.6. The number of aromatic nitrogens is 1. The van der Waals surface area contributed by atoms with Crippen molar-refractivity contribution >= 4 is 17.3 Å². The largest absolute Gasteiger partial charge is 0.481 e. The SMILES string of the molecule is O=C(O)CCc1csc(Cc2ccc(C(F)(F)F)cc2)n1. The number of halogens is 3. The summed E-state index contributed by atoms with van der Waals surface area (Å²) in [5.74, 6) is -0.882. The van der Waals surface area contributed by atoms with Gasteiger partial charge in [0.2, 0.25) is 0 Å². The van der Waals surface area contributed by atoms with Gasteiger partial charge in [-0.1, -0.05) is 12.1 Å². The molecular formula is C14H12F3NO2S. The van der Waals surface area contributed by atoms with Gasteiger partial charge in [0.25, 0.3) is 0 Å². The van der Waals surface area contributed by atoms with E-state index in [2.05, 4.69) is 4.98 Å². The highest BCUT2D eigenvalue weighted by molar-refractivity contribution is 7.09. The van der Waals surface area contributed by atoms with Crippen molar-refractivity contribution in [2.24, 2.45) is 0 Å². The van der Waals surface area contributed by atoms with Gasteiger partial charge in [-0.3, -0.25) is 4.79 Å². The van der Waals surface area contributed by atoms with E-state index in [9.17, 15) is 18.0 Å². The van der Waals surface area contributed by atoms with Crippen LogP contribution in [0, 0.1) is 0 Å². The van der Waals surface area contributed by atoms with E-state index in [4.69, 9.17) is 5.11 Å². The zero-order valence-corrected chi connectivity index (χ0v) is 11.7. The van der Waals surface area contributed by atoms with Gasteiger partial charge < -0.3 is 5.11 Å². The van der Waals surface area contributed by atoms with Gasteiger partial charge in [0, 0.05) is 18.2 Å². The lowest BCUT2D eigenvalue weighted by atomic mass is 10.1. The molecule has 0 aliphatic heterocycles. The Bertz CT molecular complexity index is 620. The van der Waals surface area contributed by atoms with Crippen LogP contribution in [0.2, 0.25) is 0 Å². The van der Waals surface area contributed by atoms with Crippen LogP contribution in [-0.4, -0.2) is 16.1 Å². The third-order valence-corrected chi connectivity index (χ3v) is 3.73. The van der Waals surface area contributed by atoms with Crippen molar-refractivity contribution in [1.82, 2.24) is 4.98 Å². The number of carboxylic acids is 1. The number of alkyl halides is 3. The summed E-state index contributed by atoms with van der Waals surface area (Å²) in [4.78, 5) is 14.7. The third-order valence-electron chi connectivity index (χ3n) is 2.83. The molecule has 0 aliphatic carbocycles. The van der Waals surface area contributed by atoms with Crippen LogP contribution in [0.5, 0.6) is 0 Å². The Balaban J connectivity index is 2.00. The summed E-state index contributed by atoms with van der Waals surface area (Å²) in [5, 5.41) is 11.1. The number of aliphatic carboxylic acids is 1. The number of carbonyl (C=O) groups is 1. The maximum atomic E-state index is 12.4. The number of benzene rings is 1. The monoisotopic (exact) mass is 315 g/mol. The topological polar surface area (TPSA) is 50.2 Å². The molecule has 112 valence electrons. The standard InChI is InChI=1S/C14H12F3NO2S/c15-14(16,17)10-3-1-9(2-4-10)7-12-18-11(8-21-12)5-6-13(19)20/h1-4,8H,5-7H2,(H,19,20). The zero-order valence-electron chi connectivity index (χ0n) is 10.9. The van der Waals surface area contributed by atoms with Gasteiger partial charge in [0.15, 0.2) is 0 Å². The number of carboxylic acid groups (broad SMARTS) is 1. The van der Waals surface area contributed by atoms with Gasteiger partial charge in [-0.15, -0.1) is 11.3 Å². The van der Waals surface area contributed by atoms with Crippen LogP contribution in [0.1, 0.15) is 28.2 Å². The Morgan fingerprint density at radius 2 is 1.90 bits per heavy atom. The first kappa shape index (κ1) is 15.5. The molecule has 0 atom stereocenters. The molecule has 0 spiro atoms. The minimum atomic E-state index is -4.33. The van der Waals surface area contributed by atoms with Gasteiger partial charge >= 0.3 is 12.1 Å². The summed E-state index contributed by atoms with van der Waals surface area (Å²) in [5.41, 5.74) is 0.763. The van der Waals surface area contributed by atoms with E-state index in [0.717, 1.165) is 22.7 Å². The second-order valence-electron chi connectivity index (χ2n) is 4.50. The van der Waals surface area contributed by atoms with Gasteiger partial charge in [-0.05, 0) is 17.7 Å². The number of rotatable bonds is 5. The minimum Gasteiger partial charge on any atom is -0.481 e. The number of nitrogens with zero attached hydrogens (tertiary/aromatic N) is 1. The summed E-state index contributed by atoms with van der Waals surface area (Å²) in [6.07, 6.45) is -3.51. The van der Waals surface area contributed by atoms with Gasteiger partial charge in [0.05, 0.1) is 22.7 Å². The molecule has 0 fully saturated rings. The highest BCUT2D eigenvalue weighted by Crippen LogP contribution is 2.29. The molecule has 1 N–H and O–H groups in total. The fourth-order valence-electron chi connectivity index (χ4n) is 1.77. The first-order valence-corrected chi connectivity index (χ1v) is 7.04. The number of hydrogen-bond donors (Lipinski definition) is 1. The van der Waals surface area contributed by atoms with Crippen LogP contribution in [0.25, 0.3) is 0 Å². The molecule has 0 radical (unpaired) electrons. The third kappa shape index (κ3) is 4.56. The Hall–Kier alpha value is -1.89. The summed E-state index contributed by atoms with van der Waals surface area (Å²) >= 11 is 1.38. The molecular weight excluding hydrogens is 303 g/mol. The zero-order chi connectivity index (χ0) is 15.5. The average molecular weight is 315 g/mol. The molecule has 7 heteroatoms. The van der Waals surface area contributed by atoms with Crippen molar-refractivity contribution in [3.63, 3.8) is 0 Å². The molecule has 2 rings (SSSR count). The van der Waals surface area contributed by atoms with E-state index >= 15 is 0 Å². The Morgan fingerprint density at radius 1 is 1.24 bits per heavy atom. The molecule has 0 amide bonds. The van der Waals surface area contributed by atoms with Gasteiger partial charge in [-0.2, -0.15) is 13.2 Å². The van der Waals surface area contributed by atoms with Crippen LogP contribution >= 0.6 is 11.3 Å². The predicted octanol–water partition coefficient (Wildman–Crippen LogP) is 3.77. The minimum absolute atomic E-state index is 0.0173. The van der Waals surface area contributed by atoms with Crippen molar-refractivity contribution in [3.8, 4) is 0 Å². The van der Waals surface area contributed by atoms with E-state index in [1.165, 1.54) is 23.5 Å². The quantitative estimate of drug-likeness (QED) is 0.914. The first-order chi connectivity index (χ1) is 9.84. The molecule has 0 saturated heterocycles. The summed E-state index contributed by atoms with van der Waals surface area (Å²) in [6, 6.07) is 4.96. The Kier molecular flexibility index (Phi) is 4.62. The fraction of sp³-hybridized carbons (Fsp3) is 0.286. The van der Waals surface area contributed by atoms with Crippen molar-refractivity contribution in [3.05, 3.63) is 51.5 Å². The van der Waals surface area contributed by atoms with E-state index in [0.29, 0.717) is 18.5 Å². The van der Waals surface area contributed by atoms with Crippen LogP contribution < -0.4 is 0 Å². The van der Waals surface area contributed by atoms with Crippen LogP contribution in [0.15, 0.2) is 29.6 Å². The van der Waals surface area contributed by atoms with Crippen molar-refractivity contribution in [1.29, 1.82) is 0 Å². The first-order valence-electron chi connectivity index (χ1n) is 6.16. The molecule has 0 bridgehead atoms. The molecule has 1 aromatic heterocycles. The summed E-state index contributed by atoms with van der Waals surface area (Å²) < 4.78 is 37.3. The number of hydrogen-bond acceptors (Lipinski definition) is 3. The lowest BCUT2D eigenvalue weighted by Gasteiger charge is -2.06. The molecule has 21 heavy (non-hydrogen) atoms. The smallest absolute Gasteiger partial charge is 0.416 e. The summed E-state index contributed by atoms with van der Waals surface area (Å²) in [6.45, 7) is 0. The molecule has 1 aromatic carbocycles. The number of thiazole rings is 1. The fourth-order valence-corrected chi connectivity index (χ4v) is 2.63.